The minimum absolute atomic E-state index is 0.177. The van der Waals surface area contributed by atoms with Crippen LogP contribution in [0.4, 0.5) is 4.39 Å². The highest BCUT2D eigenvalue weighted by molar-refractivity contribution is 7.15. The molecule has 100 valence electrons. The summed E-state index contributed by atoms with van der Waals surface area (Å²) in [6.45, 7) is 4.25. The van der Waals surface area contributed by atoms with Gasteiger partial charge in [-0.05, 0) is 42.7 Å². The van der Waals surface area contributed by atoms with E-state index < -0.39 is 0 Å². The first kappa shape index (κ1) is 13.1. The summed E-state index contributed by atoms with van der Waals surface area (Å²) in [4.78, 5) is 2.61. The van der Waals surface area contributed by atoms with Gasteiger partial charge in [-0.25, -0.2) is 4.39 Å². The molecule has 0 radical (unpaired) electrons. The molecule has 1 heterocycles. The van der Waals surface area contributed by atoms with Crippen molar-refractivity contribution in [2.45, 2.75) is 13.8 Å². The monoisotopic (exact) mass is 282 g/mol. The van der Waals surface area contributed by atoms with Crippen molar-refractivity contribution in [1.82, 2.24) is 0 Å². The van der Waals surface area contributed by atoms with Crippen LogP contribution in [0.1, 0.15) is 10.4 Å². The van der Waals surface area contributed by atoms with Crippen LogP contribution in [0.3, 0.4) is 0 Å². The van der Waals surface area contributed by atoms with E-state index in [0.29, 0.717) is 5.56 Å². The molecule has 0 N–H and O–H groups in total. The second kappa shape index (κ2) is 5.22. The molecule has 0 nitrogen and oxygen atoms in total. The Bertz CT molecular complexity index is 738. The summed E-state index contributed by atoms with van der Waals surface area (Å²) in [6.07, 6.45) is 0. The fourth-order valence-electron chi connectivity index (χ4n) is 2.42. The van der Waals surface area contributed by atoms with Crippen LogP contribution in [-0.4, -0.2) is 0 Å². The van der Waals surface area contributed by atoms with Gasteiger partial charge in [-0.15, -0.1) is 11.3 Å². The van der Waals surface area contributed by atoms with Crippen molar-refractivity contribution in [3.05, 3.63) is 70.9 Å². The molecule has 1 aromatic heterocycles. The van der Waals surface area contributed by atoms with Crippen LogP contribution in [0, 0.1) is 19.7 Å². The molecule has 0 saturated heterocycles. The predicted molar refractivity (Wildman–Crippen MR) is 84.6 cm³/mol. The van der Waals surface area contributed by atoms with E-state index in [1.165, 1.54) is 26.9 Å². The molecule has 0 aliphatic carbocycles. The summed E-state index contributed by atoms with van der Waals surface area (Å²) >= 11 is 1.80. The zero-order valence-corrected chi connectivity index (χ0v) is 12.3. The van der Waals surface area contributed by atoms with Gasteiger partial charge in [0.15, 0.2) is 0 Å². The Morgan fingerprint density at radius 1 is 0.850 bits per heavy atom. The number of hydrogen-bond donors (Lipinski definition) is 0. The Balaban J connectivity index is 2.00. The van der Waals surface area contributed by atoms with E-state index in [0.717, 1.165) is 5.56 Å². The third-order valence-electron chi connectivity index (χ3n) is 3.37. The Labute approximate surface area is 122 Å². The third-order valence-corrected chi connectivity index (χ3v) is 4.57. The molecule has 0 fully saturated rings. The minimum Gasteiger partial charge on any atom is -0.206 e. The lowest BCUT2D eigenvalue weighted by molar-refractivity contribution is 0.631. The van der Waals surface area contributed by atoms with Gasteiger partial charge in [0, 0.05) is 15.3 Å². The number of benzene rings is 2. The van der Waals surface area contributed by atoms with Gasteiger partial charge in [0.05, 0.1) is 0 Å². The van der Waals surface area contributed by atoms with Gasteiger partial charge in [-0.3, -0.25) is 0 Å². The largest absolute Gasteiger partial charge is 0.206 e. The van der Waals surface area contributed by atoms with Crippen molar-refractivity contribution in [3.63, 3.8) is 0 Å². The van der Waals surface area contributed by atoms with Gasteiger partial charge in [-0.1, -0.05) is 42.5 Å². The van der Waals surface area contributed by atoms with E-state index in [2.05, 4.69) is 32.0 Å². The second-order valence-electron chi connectivity index (χ2n) is 4.93. The minimum atomic E-state index is -0.177. The summed E-state index contributed by atoms with van der Waals surface area (Å²) in [7, 11) is 0. The molecular weight excluding hydrogens is 267 g/mol. The van der Waals surface area contributed by atoms with Gasteiger partial charge in [0.1, 0.15) is 5.82 Å². The smallest absolute Gasteiger partial charge is 0.131 e. The lowest BCUT2D eigenvalue weighted by Gasteiger charge is -2.05. The molecule has 0 aliphatic heterocycles. The summed E-state index contributed by atoms with van der Waals surface area (Å²) < 4.78 is 13.8. The maximum absolute atomic E-state index is 13.8. The fourth-order valence-corrected chi connectivity index (χ4v) is 3.46. The topological polar surface area (TPSA) is 0 Å². The standard InChI is InChI=1S/C18H15FS/c1-12-11-13(2)20-18(12)15-9-7-14(8-10-15)16-5-3-4-6-17(16)19/h3-11H,1-2H3. The number of aryl methyl sites for hydroxylation is 2. The second-order valence-corrected chi connectivity index (χ2v) is 6.18. The quantitative estimate of drug-likeness (QED) is 0.554. The Hall–Kier alpha value is -1.93. The average molecular weight is 282 g/mol. The fraction of sp³-hybridized carbons (Fsp3) is 0.111. The molecule has 3 aromatic rings. The van der Waals surface area contributed by atoms with Crippen LogP contribution >= 0.6 is 11.3 Å². The molecule has 0 saturated carbocycles. The Morgan fingerprint density at radius 2 is 1.50 bits per heavy atom. The summed E-state index contributed by atoms with van der Waals surface area (Å²) in [5.41, 5.74) is 4.06. The molecule has 2 heteroatoms. The molecule has 0 aliphatic rings. The Kier molecular flexibility index (Phi) is 3.41. The lowest BCUT2D eigenvalue weighted by atomic mass is 10.0. The van der Waals surface area contributed by atoms with E-state index in [9.17, 15) is 4.39 Å². The average Bonchev–Trinajstić information content (AvgIpc) is 2.79. The van der Waals surface area contributed by atoms with Crippen molar-refractivity contribution in [2.24, 2.45) is 0 Å². The molecule has 0 amide bonds. The first-order chi connectivity index (χ1) is 9.65. The van der Waals surface area contributed by atoms with E-state index in [1.807, 2.05) is 24.3 Å². The van der Waals surface area contributed by atoms with Crippen LogP contribution in [0.2, 0.25) is 0 Å². The van der Waals surface area contributed by atoms with Crippen molar-refractivity contribution in [2.75, 3.05) is 0 Å². The van der Waals surface area contributed by atoms with Crippen molar-refractivity contribution in [3.8, 4) is 21.6 Å². The van der Waals surface area contributed by atoms with E-state index in [-0.39, 0.29) is 5.82 Å². The van der Waals surface area contributed by atoms with Crippen molar-refractivity contribution >= 4 is 11.3 Å². The summed E-state index contributed by atoms with van der Waals surface area (Å²) in [5.74, 6) is -0.177. The van der Waals surface area contributed by atoms with Crippen LogP contribution < -0.4 is 0 Å². The molecule has 3 rings (SSSR count). The highest BCUT2D eigenvalue weighted by atomic mass is 32.1. The number of halogens is 1. The SMILES string of the molecule is Cc1cc(C)c(-c2ccc(-c3ccccc3F)cc2)s1. The zero-order valence-electron chi connectivity index (χ0n) is 11.5. The summed E-state index contributed by atoms with van der Waals surface area (Å²) in [6, 6.07) is 17.2. The molecule has 0 atom stereocenters. The van der Waals surface area contributed by atoms with Crippen LogP contribution in [0.15, 0.2) is 54.6 Å². The van der Waals surface area contributed by atoms with Gasteiger partial charge >= 0.3 is 0 Å². The van der Waals surface area contributed by atoms with E-state index >= 15 is 0 Å². The number of hydrogen-bond acceptors (Lipinski definition) is 1. The zero-order chi connectivity index (χ0) is 14.1. The van der Waals surface area contributed by atoms with E-state index in [4.69, 9.17) is 0 Å². The van der Waals surface area contributed by atoms with Crippen LogP contribution in [-0.2, 0) is 0 Å². The molecule has 20 heavy (non-hydrogen) atoms. The van der Waals surface area contributed by atoms with Gasteiger partial charge in [0.25, 0.3) is 0 Å². The molecular formula is C18H15FS. The van der Waals surface area contributed by atoms with Gasteiger partial charge in [-0.2, -0.15) is 0 Å². The summed E-state index contributed by atoms with van der Waals surface area (Å²) in [5, 5.41) is 0. The third kappa shape index (κ3) is 2.39. The maximum Gasteiger partial charge on any atom is 0.131 e. The number of rotatable bonds is 2. The maximum atomic E-state index is 13.8. The first-order valence-electron chi connectivity index (χ1n) is 6.57. The van der Waals surface area contributed by atoms with Gasteiger partial charge < -0.3 is 0 Å². The van der Waals surface area contributed by atoms with Crippen LogP contribution in [0.5, 0.6) is 0 Å². The van der Waals surface area contributed by atoms with Crippen LogP contribution in [0.25, 0.3) is 21.6 Å². The molecule has 2 aromatic carbocycles. The number of thiophene rings is 1. The van der Waals surface area contributed by atoms with Gasteiger partial charge in [0.2, 0.25) is 0 Å². The van der Waals surface area contributed by atoms with E-state index in [1.54, 1.807) is 17.4 Å². The van der Waals surface area contributed by atoms with Crippen molar-refractivity contribution in [1.29, 1.82) is 0 Å². The van der Waals surface area contributed by atoms with Crippen molar-refractivity contribution < 1.29 is 4.39 Å². The molecule has 0 spiro atoms. The lowest BCUT2D eigenvalue weighted by Crippen LogP contribution is -1.83. The predicted octanol–water partition coefficient (Wildman–Crippen LogP) is 5.84. The first-order valence-corrected chi connectivity index (χ1v) is 7.39. The highest BCUT2D eigenvalue weighted by Gasteiger charge is 2.07. The molecule has 0 bridgehead atoms. The Morgan fingerprint density at radius 3 is 2.10 bits per heavy atom. The normalized spacial score (nSPS) is 10.8. The highest BCUT2D eigenvalue weighted by Crippen LogP contribution is 2.33. The molecule has 0 unspecified atom stereocenters.